The van der Waals surface area contributed by atoms with Crippen LogP contribution in [-0.2, 0) is 4.79 Å². The molecule has 20 heavy (non-hydrogen) atoms. The van der Waals surface area contributed by atoms with Gasteiger partial charge in [0.2, 0.25) is 0 Å². The average Bonchev–Trinajstić information content (AvgIpc) is 2.80. The van der Waals surface area contributed by atoms with Crippen LogP contribution in [0.2, 0.25) is 0 Å². The summed E-state index contributed by atoms with van der Waals surface area (Å²) in [5.41, 5.74) is 7.04. The number of carbonyl (C=O) groups excluding carboxylic acids is 1. The summed E-state index contributed by atoms with van der Waals surface area (Å²) in [5.74, 6) is 1.57. The maximum atomic E-state index is 12.7. The number of nitrogens with two attached hydrogens (primary N) is 1. The van der Waals surface area contributed by atoms with Crippen LogP contribution in [0.25, 0.3) is 0 Å². The van der Waals surface area contributed by atoms with E-state index in [0.29, 0.717) is 18.8 Å². The lowest BCUT2D eigenvalue weighted by Gasteiger charge is -2.31. The van der Waals surface area contributed by atoms with Crippen LogP contribution in [-0.4, -0.2) is 18.4 Å². The Morgan fingerprint density at radius 2 is 2.20 bits per heavy atom. The molecule has 1 aromatic rings. The van der Waals surface area contributed by atoms with Crippen LogP contribution < -0.4 is 10.5 Å². The number of fused-ring (bicyclic) bond motifs is 1. The van der Waals surface area contributed by atoms with Crippen LogP contribution in [0.15, 0.2) is 24.3 Å². The molecule has 0 amide bonds. The highest BCUT2D eigenvalue weighted by Gasteiger charge is 2.43. The van der Waals surface area contributed by atoms with E-state index in [-0.39, 0.29) is 17.4 Å². The Labute approximate surface area is 120 Å². The third-order valence-corrected chi connectivity index (χ3v) is 5.18. The molecule has 2 N–H and O–H groups in total. The fourth-order valence-corrected chi connectivity index (χ4v) is 3.62. The monoisotopic (exact) mass is 273 g/mol. The second-order valence-corrected chi connectivity index (χ2v) is 6.42. The van der Waals surface area contributed by atoms with Gasteiger partial charge in [-0.3, -0.25) is 4.79 Å². The maximum Gasteiger partial charge on any atom is 0.140 e. The van der Waals surface area contributed by atoms with Crippen molar-refractivity contribution in [1.29, 1.82) is 0 Å². The fourth-order valence-electron chi connectivity index (χ4n) is 3.62. The molecule has 3 unspecified atom stereocenters. The maximum absolute atomic E-state index is 12.7. The van der Waals surface area contributed by atoms with Crippen molar-refractivity contribution in [2.75, 3.05) is 6.61 Å². The molecule has 1 heterocycles. The van der Waals surface area contributed by atoms with Crippen LogP contribution >= 0.6 is 0 Å². The van der Waals surface area contributed by atoms with E-state index in [9.17, 15) is 4.79 Å². The molecule has 1 aromatic carbocycles. The van der Waals surface area contributed by atoms with Crippen molar-refractivity contribution >= 4 is 5.78 Å². The minimum absolute atomic E-state index is 0.0325. The molecule has 0 aromatic heterocycles. The third kappa shape index (κ3) is 2.24. The number of hydrogen-bond acceptors (Lipinski definition) is 3. The zero-order valence-electron chi connectivity index (χ0n) is 12.1. The smallest absolute Gasteiger partial charge is 0.140 e. The summed E-state index contributed by atoms with van der Waals surface area (Å²) in [7, 11) is 0. The zero-order chi connectivity index (χ0) is 14.2. The molecule has 0 spiro atoms. The van der Waals surface area contributed by atoms with Crippen molar-refractivity contribution in [1.82, 2.24) is 0 Å². The molecule has 1 aliphatic carbocycles. The molecular formula is C17H23NO2. The van der Waals surface area contributed by atoms with Gasteiger partial charge in [0.1, 0.15) is 11.5 Å². The standard InChI is InChI=1S/C17H23NO2/c1-17(9-4-7-15(17)18)16(19)11-12-8-10-20-14-6-3-2-5-13(12)14/h2-3,5-6,12,15H,4,7-11,18H2,1H3. The van der Waals surface area contributed by atoms with Crippen molar-refractivity contribution in [2.45, 2.75) is 51.0 Å². The van der Waals surface area contributed by atoms with Gasteiger partial charge in [0.25, 0.3) is 0 Å². The highest BCUT2D eigenvalue weighted by molar-refractivity contribution is 5.86. The summed E-state index contributed by atoms with van der Waals surface area (Å²) in [6, 6.07) is 8.12. The normalized spacial score (nSPS) is 32.5. The Bertz CT molecular complexity index is 513. The quantitative estimate of drug-likeness (QED) is 0.921. The van der Waals surface area contributed by atoms with E-state index in [4.69, 9.17) is 10.5 Å². The molecule has 3 heteroatoms. The molecule has 0 saturated heterocycles. The van der Waals surface area contributed by atoms with E-state index in [1.54, 1.807) is 0 Å². The van der Waals surface area contributed by atoms with Crippen molar-refractivity contribution in [3.05, 3.63) is 29.8 Å². The van der Waals surface area contributed by atoms with Gasteiger partial charge >= 0.3 is 0 Å². The van der Waals surface area contributed by atoms with Gasteiger partial charge in [-0.1, -0.05) is 31.5 Å². The van der Waals surface area contributed by atoms with Crippen molar-refractivity contribution in [3.63, 3.8) is 0 Å². The van der Waals surface area contributed by atoms with Crippen molar-refractivity contribution in [3.8, 4) is 5.75 Å². The SMILES string of the molecule is CC1(C(=O)CC2CCOc3ccccc32)CCCC1N. The second kappa shape index (κ2) is 5.21. The molecule has 0 radical (unpaired) electrons. The molecule has 1 fully saturated rings. The number of ketones is 1. The number of carbonyl (C=O) groups is 1. The molecule has 3 atom stereocenters. The first-order valence-electron chi connectivity index (χ1n) is 7.62. The van der Waals surface area contributed by atoms with Crippen LogP contribution in [0.4, 0.5) is 0 Å². The summed E-state index contributed by atoms with van der Waals surface area (Å²) in [5, 5.41) is 0. The number of hydrogen-bond donors (Lipinski definition) is 1. The van der Waals surface area contributed by atoms with Crippen molar-refractivity contribution in [2.24, 2.45) is 11.1 Å². The molecule has 3 nitrogen and oxygen atoms in total. The van der Waals surface area contributed by atoms with Gasteiger partial charge in [-0.25, -0.2) is 0 Å². The van der Waals surface area contributed by atoms with E-state index in [0.717, 1.165) is 31.4 Å². The molecule has 3 rings (SSSR count). The Hall–Kier alpha value is -1.35. The highest BCUT2D eigenvalue weighted by atomic mass is 16.5. The average molecular weight is 273 g/mol. The van der Waals surface area contributed by atoms with Gasteiger partial charge in [0.15, 0.2) is 0 Å². The van der Waals surface area contributed by atoms with Crippen LogP contribution in [0.5, 0.6) is 5.75 Å². The van der Waals surface area contributed by atoms with E-state index in [2.05, 4.69) is 13.0 Å². The number of benzene rings is 1. The van der Waals surface area contributed by atoms with Crippen LogP contribution in [0.1, 0.15) is 50.5 Å². The van der Waals surface area contributed by atoms with Crippen molar-refractivity contribution < 1.29 is 9.53 Å². The Kier molecular flexibility index (Phi) is 3.55. The summed E-state index contributed by atoms with van der Waals surface area (Å²) in [4.78, 5) is 12.7. The van der Waals surface area contributed by atoms with E-state index < -0.39 is 0 Å². The summed E-state index contributed by atoms with van der Waals surface area (Å²) < 4.78 is 5.67. The summed E-state index contributed by atoms with van der Waals surface area (Å²) >= 11 is 0. The third-order valence-electron chi connectivity index (χ3n) is 5.18. The minimum atomic E-state index is -0.312. The lowest BCUT2D eigenvalue weighted by Crippen LogP contribution is -2.41. The minimum Gasteiger partial charge on any atom is -0.493 e. The van der Waals surface area contributed by atoms with Crippen LogP contribution in [0.3, 0.4) is 0 Å². The van der Waals surface area contributed by atoms with Gasteiger partial charge in [0.05, 0.1) is 6.61 Å². The molecular weight excluding hydrogens is 250 g/mol. The van der Waals surface area contributed by atoms with Gasteiger partial charge in [0, 0.05) is 17.9 Å². The van der Waals surface area contributed by atoms with E-state index in [1.165, 1.54) is 5.56 Å². The first-order chi connectivity index (χ1) is 9.61. The second-order valence-electron chi connectivity index (χ2n) is 6.42. The zero-order valence-corrected chi connectivity index (χ0v) is 12.1. The lowest BCUT2D eigenvalue weighted by molar-refractivity contribution is -0.128. The Morgan fingerprint density at radius 3 is 2.95 bits per heavy atom. The van der Waals surface area contributed by atoms with Crippen LogP contribution in [0, 0.1) is 5.41 Å². The Balaban J connectivity index is 1.77. The summed E-state index contributed by atoms with van der Waals surface area (Å²) in [6.45, 7) is 2.76. The largest absolute Gasteiger partial charge is 0.493 e. The van der Waals surface area contributed by atoms with Gasteiger partial charge in [-0.2, -0.15) is 0 Å². The molecule has 108 valence electrons. The first-order valence-corrected chi connectivity index (χ1v) is 7.62. The first kappa shape index (κ1) is 13.6. The number of para-hydroxylation sites is 1. The van der Waals surface area contributed by atoms with Gasteiger partial charge < -0.3 is 10.5 Å². The molecule has 1 aliphatic heterocycles. The predicted molar refractivity (Wildman–Crippen MR) is 78.9 cm³/mol. The Morgan fingerprint density at radius 1 is 1.40 bits per heavy atom. The predicted octanol–water partition coefficient (Wildman–Crippen LogP) is 3.03. The van der Waals surface area contributed by atoms with E-state index >= 15 is 0 Å². The number of rotatable bonds is 3. The number of Topliss-reactive ketones (excluding diaryl/α,β-unsaturated/α-hetero) is 1. The molecule has 2 aliphatic rings. The lowest BCUT2D eigenvalue weighted by atomic mass is 9.75. The number of ether oxygens (including phenoxy) is 1. The van der Waals surface area contributed by atoms with E-state index in [1.807, 2.05) is 18.2 Å². The molecule has 1 saturated carbocycles. The molecule has 0 bridgehead atoms. The van der Waals surface area contributed by atoms with Gasteiger partial charge in [-0.05, 0) is 36.8 Å². The van der Waals surface area contributed by atoms with Gasteiger partial charge in [-0.15, -0.1) is 0 Å². The topological polar surface area (TPSA) is 52.3 Å². The highest BCUT2D eigenvalue weighted by Crippen LogP contribution is 2.42. The fraction of sp³-hybridized carbons (Fsp3) is 0.588. The summed E-state index contributed by atoms with van der Waals surface area (Å²) in [6.07, 6.45) is 4.52.